The second-order valence-corrected chi connectivity index (χ2v) is 6.37. The Bertz CT molecular complexity index is 502. The van der Waals surface area contributed by atoms with Crippen LogP contribution in [-0.2, 0) is 0 Å². The van der Waals surface area contributed by atoms with Crippen LogP contribution in [0.4, 0.5) is 10.5 Å². The molecule has 0 saturated carbocycles. The van der Waals surface area contributed by atoms with Crippen molar-refractivity contribution in [2.45, 2.75) is 31.7 Å². The number of amides is 2. The average Bonchev–Trinajstić information content (AvgIpc) is 3.10. The zero-order valence-electron chi connectivity index (χ0n) is 12.2. The number of likely N-dealkylation sites (tertiary alicyclic amines) is 2. The van der Waals surface area contributed by atoms with E-state index in [1.54, 1.807) is 6.07 Å². The Labute approximate surface area is 131 Å². The molecule has 0 spiro atoms. The topological polar surface area (TPSA) is 35.6 Å². The molecular weight excluding hydrogens is 286 g/mol. The average molecular weight is 308 g/mol. The Hall–Kier alpha value is -1.26. The molecule has 1 aromatic carbocycles. The third kappa shape index (κ3) is 3.69. The van der Waals surface area contributed by atoms with Crippen molar-refractivity contribution in [2.75, 3.05) is 31.5 Å². The van der Waals surface area contributed by atoms with Crippen LogP contribution in [0.3, 0.4) is 0 Å². The first-order chi connectivity index (χ1) is 10.2. The summed E-state index contributed by atoms with van der Waals surface area (Å²) in [6.07, 6.45) is 4.80. The third-order valence-electron chi connectivity index (χ3n) is 4.38. The molecule has 2 aliphatic heterocycles. The maximum Gasteiger partial charge on any atom is 0.322 e. The first-order valence-corrected chi connectivity index (χ1v) is 8.16. The zero-order valence-corrected chi connectivity index (χ0v) is 13.0. The van der Waals surface area contributed by atoms with Gasteiger partial charge in [-0.1, -0.05) is 17.7 Å². The van der Waals surface area contributed by atoms with Crippen LogP contribution in [-0.4, -0.2) is 48.1 Å². The summed E-state index contributed by atoms with van der Waals surface area (Å²) in [7, 11) is 0. The lowest BCUT2D eigenvalue weighted by atomic mass is 10.2. The summed E-state index contributed by atoms with van der Waals surface area (Å²) in [5.74, 6) is 0. The Balaban J connectivity index is 1.60. The van der Waals surface area contributed by atoms with E-state index in [1.807, 2.05) is 23.1 Å². The SMILES string of the molecule is O=C(Nc1cccc(Cl)c1)N1CCC[C@@H]1CN1CCCC1. The molecule has 0 radical (unpaired) electrons. The molecule has 2 aliphatic rings. The Morgan fingerprint density at radius 2 is 2.05 bits per heavy atom. The van der Waals surface area contributed by atoms with Crippen molar-refractivity contribution in [3.05, 3.63) is 29.3 Å². The van der Waals surface area contributed by atoms with Gasteiger partial charge in [-0.2, -0.15) is 0 Å². The molecule has 0 aliphatic carbocycles. The Morgan fingerprint density at radius 3 is 2.81 bits per heavy atom. The van der Waals surface area contributed by atoms with Gasteiger partial charge in [-0.05, 0) is 57.0 Å². The highest BCUT2D eigenvalue weighted by Crippen LogP contribution is 2.22. The fourth-order valence-electron chi connectivity index (χ4n) is 3.32. The lowest BCUT2D eigenvalue weighted by Gasteiger charge is -2.28. The lowest BCUT2D eigenvalue weighted by molar-refractivity contribution is 0.186. The van der Waals surface area contributed by atoms with Gasteiger partial charge in [-0.25, -0.2) is 4.79 Å². The first kappa shape index (κ1) is 14.7. The van der Waals surface area contributed by atoms with Gasteiger partial charge in [-0.15, -0.1) is 0 Å². The molecule has 2 fully saturated rings. The van der Waals surface area contributed by atoms with Gasteiger partial charge in [0.2, 0.25) is 0 Å². The maximum absolute atomic E-state index is 12.5. The van der Waals surface area contributed by atoms with Crippen molar-refractivity contribution in [1.82, 2.24) is 9.80 Å². The molecule has 5 heteroatoms. The second kappa shape index (κ2) is 6.67. The fraction of sp³-hybridized carbons (Fsp3) is 0.562. The van der Waals surface area contributed by atoms with E-state index in [1.165, 1.54) is 25.9 Å². The van der Waals surface area contributed by atoms with Crippen LogP contribution in [0.2, 0.25) is 5.02 Å². The van der Waals surface area contributed by atoms with Crippen LogP contribution in [0.1, 0.15) is 25.7 Å². The number of anilines is 1. The number of hydrogen-bond acceptors (Lipinski definition) is 2. The van der Waals surface area contributed by atoms with Gasteiger partial charge >= 0.3 is 6.03 Å². The fourth-order valence-corrected chi connectivity index (χ4v) is 3.51. The molecule has 2 amide bonds. The minimum absolute atomic E-state index is 0.000960. The van der Waals surface area contributed by atoms with Gasteiger partial charge in [0.1, 0.15) is 0 Å². The number of halogens is 1. The standard InChI is InChI=1S/C16H22ClN3O/c17-13-5-3-6-14(11-13)18-16(21)20-10-4-7-15(20)12-19-8-1-2-9-19/h3,5-6,11,15H,1-2,4,7-10,12H2,(H,18,21)/t15-/m1/s1. The van der Waals surface area contributed by atoms with Crippen molar-refractivity contribution in [3.63, 3.8) is 0 Å². The predicted octanol–water partition coefficient (Wildman–Crippen LogP) is 3.43. The summed E-state index contributed by atoms with van der Waals surface area (Å²) in [5, 5.41) is 3.61. The number of hydrogen-bond donors (Lipinski definition) is 1. The number of urea groups is 1. The van der Waals surface area contributed by atoms with E-state index < -0.39 is 0 Å². The van der Waals surface area contributed by atoms with Crippen molar-refractivity contribution < 1.29 is 4.79 Å². The largest absolute Gasteiger partial charge is 0.322 e. The van der Waals surface area contributed by atoms with Crippen molar-refractivity contribution in [3.8, 4) is 0 Å². The number of carbonyl (C=O) groups excluding carboxylic acids is 1. The van der Waals surface area contributed by atoms with Crippen molar-refractivity contribution in [2.24, 2.45) is 0 Å². The highest BCUT2D eigenvalue weighted by Gasteiger charge is 2.30. The number of nitrogens with one attached hydrogen (secondary N) is 1. The monoisotopic (exact) mass is 307 g/mol. The van der Waals surface area contributed by atoms with Gasteiger partial charge in [0.25, 0.3) is 0 Å². The van der Waals surface area contributed by atoms with E-state index >= 15 is 0 Å². The maximum atomic E-state index is 12.5. The van der Waals surface area contributed by atoms with Crippen LogP contribution in [0.25, 0.3) is 0 Å². The van der Waals surface area contributed by atoms with Crippen molar-refractivity contribution in [1.29, 1.82) is 0 Å². The normalized spacial score (nSPS) is 22.7. The van der Waals surface area contributed by atoms with E-state index in [9.17, 15) is 4.79 Å². The predicted molar refractivity (Wildman–Crippen MR) is 85.9 cm³/mol. The number of carbonyl (C=O) groups is 1. The third-order valence-corrected chi connectivity index (χ3v) is 4.62. The second-order valence-electron chi connectivity index (χ2n) is 5.94. The molecule has 4 nitrogen and oxygen atoms in total. The molecule has 1 atom stereocenters. The summed E-state index contributed by atoms with van der Waals surface area (Å²) in [6, 6.07) is 7.66. The van der Waals surface area contributed by atoms with Gasteiger partial charge in [0.15, 0.2) is 0 Å². The molecule has 0 aromatic heterocycles. The summed E-state index contributed by atoms with van der Waals surface area (Å²) in [4.78, 5) is 16.9. The minimum atomic E-state index is -0.000960. The molecule has 114 valence electrons. The van der Waals surface area contributed by atoms with Crippen molar-refractivity contribution >= 4 is 23.3 Å². The molecule has 1 aromatic rings. The molecule has 21 heavy (non-hydrogen) atoms. The molecule has 1 N–H and O–H groups in total. The molecule has 3 rings (SSSR count). The summed E-state index contributed by atoms with van der Waals surface area (Å²) >= 11 is 5.96. The Kier molecular flexibility index (Phi) is 4.66. The Morgan fingerprint density at radius 1 is 1.24 bits per heavy atom. The smallest absolute Gasteiger partial charge is 0.320 e. The number of benzene rings is 1. The van der Waals surface area contributed by atoms with Crippen LogP contribution >= 0.6 is 11.6 Å². The molecule has 0 bridgehead atoms. The highest BCUT2D eigenvalue weighted by molar-refractivity contribution is 6.30. The molecule has 2 heterocycles. The van der Waals surface area contributed by atoms with Gasteiger partial charge < -0.3 is 15.1 Å². The molecule has 0 unspecified atom stereocenters. The summed E-state index contributed by atoms with van der Waals surface area (Å²) in [5.41, 5.74) is 0.763. The number of nitrogens with zero attached hydrogens (tertiary/aromatic N) is 2. The van der Waals surface area contributed by atoms with E-state index in [2.05, 4.69) is 10.2 Å². The molecule has 2 saturated heterocycles. The van der Waals surface area contributed by atoms with E-state index in [4.69, 9.17) is 11.6 Å². The lowest BCUT2D eigenvalue weighted by Crippen LogP contribution is -2.44. The van der Waals surface area contributed by atoms with E-state index in [-0.39, 0.29) is 6.03 Å². The quantitative estimate of drug-likeness (QED) is 0.928. The summed E-state index contributed by atoms with van der Waals surface area (Å²) < 4.78 is 0. The minimum Gasteiger partial charge on any atom is -0.320 e. The van der Waals surface area contributed by atoms with Crippen LogP contribution < -0.4 is 5.32 Å². The molecular formula is C16H22ClN3O. The van der Waals surface area contributed by atoms with Gasteiger partial charge in [0, 0.05) is 29.8 Å². The highest BCUT2D eigenvalue weighted by atomic mass is 35.5. The number of rotatable bonds is 3. The van der Waals surface area contributed by atoms with Crippen LogP contribution in [0.5, 0.6) is 0 Å². The van der Waals surface area contributed by atoms with Crippen LogP contribution in [0, 0.1) is 0 Å². The summed E-state index contributed by atoms with van der Waals surface area (Å²) in [6.45, 7) is 4.23. The van der Waals surface area contributed by atoms with Gasteiger partial charge in [-0.3, -0.25) is 0 Å². The zero-order chi connectivity index (χ0) is 14.7. The van der Waals surface area contributed by atoms with Crippen LogP contribution in [0.15, 0.2) is 24.3 Å². The first-order valence-electron chi connectivity index (χ1n) is 7.78. The van der Waals surface area contributed by atoms with Gasteiger partial charge in [0.05, 0.1) is 0 Å². The van der Waals surface area contributed by atoms with E-state index in [0.717, 1.165) is 31.6 Å². The van der Waals surface area contributed by atoms with E-state index in [0.29, 0.717) is 11.1 Å².